The summed E-state index contributed by atoms with van der Waals surface area (Å²) in [6, 6.07) is 12.8. The standard InChI is InChI=1S/C25H20ClN5O5S/c26-17-5-3-16(4-6-17)24(34)36-18-7-1-15(2-8-18)13-19-22(27)31-25(28-23(19)33)37-20(29-31)14-21(32)30-9-11-35-12-10-30/h1-8,13,27H,9-12,14H2. The molecule has 3 heterocycles. The monoisotopic (exact) mass is 537 g/mol. The number of carbonyl (C=O) groups is 3. The first-order chi connectivity index (χ1) is 17.9. The molecule has 0 spiro atoms. The van der Waals surface area contributed by atoms with Crippen LogP contribution in [0.15, 0.2) is 64.2 Å². The lowest BCUT2D eigenvalue weighted by Crippen LogP contribution is -2.41. The highest BCUT2D eigenvalue weighted by molar-refractivity contribution is 8.27. The molecule has 2 aromatic rings. The van der Waals surface area contributed by atoms with E-state index in [1.165, 1.54) is 11.1 Å². The van der Waals surface area contributed by atoms with Gasteiger partial charge in [0, 0.05) is 18.1 Å². The molecule has 0 atom stereocenters. The van der Waals surface area contributed by atoms with Crippen molar-refractivity contribution < 1.29 is 23.9 Å². The number of aliphatic imine (C=N–C) groups is 1. The summed E-state index contributed by atoms with van der Waals surface area (Å²) in [4.78, 5) is 43.3. The van der Waals surface area contributed by atoms with Crippen molar-refractivity contribution in [3.63, 3.8) is 0 Å². The first kappa shape index (κ1) is 24.9. The first-order valence-electron chi connectivity index (χ1n) is 11.3. The molecule has 1 fully saturated rings. The Kier molecular flexibility index (Phi) is 7.17. The molecule has 1 N–H and O–H groups in total. The largest absolute Gasteiger partial charge is 0.423 e. The van der Waals surface area contributed by atoms with E-state index in [1.54, 1.807) is 53.4 Å². The summed E-state index contributed by atoms with van der Waals surface area (Å²) in [7, 11) is 0. The van der Waals surface area contributed by atoms with Gasteiger partial charge in [-0.1, -0.05) is 23.7 Å². The number of amides is 2. The normalized spacial score (nSPS) is 18.5. The van der Waals surface area contributed by atoms with Crippen molar-refractivity contribution in [2.45, 2.75) is 6.42 Å². The van der Waals surface area contributed by atoms with Gasteiger partial charge in [-0.3, -0.25) is 15.0 Å². The van der Waals surface area contributed by atoms with E-state index >= 15 is 0 Å². The minimum Gasteiger partial charge on any atom is -0.423 e. The lowest BCUT2D eigenvalue weighted by Gasteiger charge is -2.26. The SMILES string of the molecule is N=C1C(=Cc2ccc(OC(=O)c3ccc(Cl)cc3)cc2)C(=O)N=C2SC(CC(=O)N3CCOCC3)=NN12. The number of halogens is 1. The second kappa shape index (κ2) is 10.7. The van der Waals surface area contributed by atoms with E-state index in [0.717, 1.165) is 11.8 Å². The minimum atomic E-state index is -0.571. The molecule has 3 aliphatic rings. The Labute approximate surface area is 221 Å². The van der Waals surface area contributed by atoms with E-state index in [1.807, 2.05) is 0 Å². The molecule has 0 unspecified atom stereocenters. The maximum atomic E-state index is 12.7. The Morgan fingerprint density at radius 1 is 1.11 bits per heavy atom. The number of benzene rings is 2. The van der Waals surface area contributed by atoms with Crippen LogP contribution in [0.5, 0.6) is 5.75 Å². The van der Waals surface area contributed by atoms with Crippen LogP contribution in [0.25, 0.3) is 6.08 Å². The van der Waals surface area contributed by atoms with Crippen LogP contribution in [0.4, 0.5) is 0 Å². The van der Waals surface area contributed by atoms with Crippen molar-refractivity contribution in [2.75, 3.05) is 26.3 Å². The zero-order valence-corrected chi connectivity index (χ0v) is 20.9. The number of rotatable bonds is 5. The molecule has 0 aliphatic carbocycles. The Morgan fingerprint density at radius 3 is 2.51 bits per heavy atom. The van der Waals surface area contributed by atoms with Crippen LogP contribution in [-0.2, 0) is 14.3 Å². The lowest BCUT2D eigenvalue weighted by atomic mass is 10.1. The Morgan fingerprint density at radius 2 is 1.81 bits per heavy atom. The molecule has 0 bridgehead atoms. The van der Waals surface area contributed by atoms with Gasteiger partial charge in [0.05, 0.1) is 30.8 Å². The number of esters is 1. The fourth-order valence-electron chi connectivity index (χ4n) is 3.71. The molecule has 0 aromatic heterocycles. The molecule has 37 heavy (non-hydrogen) atoms. The fourth-order valence-corrected chi connectivity index (χ4v) is 4.71. The van der Waals surface area contributed by atoms with E-state index in [9.17, 15) is 14.4 Å². The summed E-state index contributed by atoms with van der Waals surface area (Å²) in [5.74, 6) is -0.989. The van der Waals surface area contributed by atoms with Crippen molar-refractivity contribution in [1.29, 1.82) is 5.41 Å². The van der Waals surface area contributed by atoms with Crippen LogP contribution < -0.4 is 4.74 Å². The number of amidine groups is 2. The summed E-state index contributed by atoms with van der Waals surface area (Å²) in [5.41, 5.74) is 1.02. The molecule has 188 valence electrons. The number of morpholine rings is 1. The highest BCUT2D eigenvalue weighted by Gasteiger charge is 2.36. The number of ether oxygens (including phenoxy) is 2. The summed E-state index contributed by atoms with van der Waals surface area (Å²) < 4.78 is 10.6. The van der Waals surface area contributed by atoms with Crippen molar-refractivity contribution in [1.82, 2.24) is 9.91 Å². The van der Waals surface area contributed by atoms with E-state index in [0.29, 0.717) is 53.2 Å². The summed E-state index contributed by atoms with van der Waals surface area (Å²) in [6.07, 6.45) is 1.59. The molecular weight excluding hydrogens is 518 g/mol. The molecule has 5 rings (SSSR count). The molecular formula is C25H20ClN5O5S. The number of nitrogens with one attached hydrogen (secondary N) is 1. The number of nitrogens with zero attached hydrogens (tertiary/aromatic N) is 4. The van der Waals surface area contributed by atoms with Crippen molar-refractivity contribution in [3.05, 3.63) is 70.3 Å². The van der Waals surface area contributed by atoms with Gasteiger partial charge in [-0.2, -0.15) is 15.1 Å². The topological polar surface area (TPSA) is 125 Å². The average Bonchev–Trinajstić information content (AvgIpc) is 3.30. The Bertz CT molecular complexity index is 1360. The van der Waals surface area contributed by atoms with Gasteiger partial charge in [-0.05, 0) is 59.8 Å². The van der Waals surface area contributed by atoms with Gasteiger partial charge in [0.25, 0.3) is 5.91 Å². The van der Waals surface area contributed by atoms with Gasteiger partial charge < -0.3 is 14.4 Å². The molecule has 10 nitrogen and oxygen atoms in total. The molecule has 3 aliphatic heterocycles. The maximum Gasteiger partial charge on any atom is 0.343 e. The third-order valence-corrected chi connectivity index (χ3v) is 6.80. The third-order valence-electron chi connectivity index (χ3n) is 5.64. The van der Waals surface area contributed by atoms with Crippen molar-refractivity contribution in [2.24, 2.45) is 10.1 Å². The van der Waals surface area contributed by atoms with Gasteiger partial charge in [-0.15, -0.1) is 0 Å². The van der Waals surface area contributed by atoms with Gasteiger partial charge in [0.2, 0.25) is 11.1 Å². The average molecular weight is 538 g/mol. The molecule has 1 saturated heterocycles. The quantitative estimate of drug-likeness (QED) is 0.352. The number of hydrogen-bond donors (Lipinski definition) is 1. The fraction of sp³-hybridized carbons (Fsp3) is 0.200. The lowest BCUT2D eigenvalue weighted by molar-refractivity contribution is -0.133. The number of carbonyl (C=O) groups excluding carboxylic acids is 3. The van der Waals surface area contributed by atoms with Gasteiger partial charge in [-0.25, -0.2) is 4.79 Å². The second-order valence-electron chi connectivity index (χ2n) is 8.15. The van der Waals surface area contributed by atoms with E-state index in [2.05, 4.69) is 10.1 Å². The van der Waals surface area contributed by atoms with Gasteiger partial charge in [0.1, 0.15) is 10.8 Å². The highest BCUT2D eigenvalue weighted by Crippen LogP contribution is 2.30. The number of fused-ring (bicyclic) bond motifs is 1. The smallest absolute Gasteiger partial charge is 0.343 e. The number of hydrazone groups is 1. The molecule has 12 heteroatoms. The Balaban J connectivity index is 1.26. The van der Waals surface area contributed by atoms with Crippen molar-refractivity contribution in [3.8, 4) is 5.75 Å². The zero-order chi connectivity index (χ0) is 25.9. The maximum absolute atomic E-state index is 12.7. The summed E-state index contributed by atoms with van der Waals surface area (Å²) >= 11 is 6.96. The van der Waals surface area contributed by atoms with Crippen LogP contribution in [0.2, 0.25) is 5.02 Å². The first-order valence-corrected chi connectivity index (χ1v) is 12.5. The zero-order valence-electron chi connectivity index (χ0n) is 19.3. The summed E-state index contributed by atoms with van der Waals surface area (Å²) in [6.45, 7) is 2.07. The third kappa shape index (κ3) is 5.63. The van der Waals surface area contributed by atoms with E-state index < -0.39 is 11.9 Å². The van der Waals surface area contributed by atoms with Gasteiger partial charge in [0.15, 0.2) is 5.84 Å². The minimum absolute atomic E-state index is 0.0553. The predicted octanol–water partition coefficient (Wildman–Crippen LogP) is 3.43. The predicted molar refractivity (Wildman–Crippen MR) is 140 cm³/mol. The molecule has 0 saturated carbocycles. The van der Waals surface area contributed by atoms with Crippen LogP contribution >= 0.6 is 23.4 Å². The molecule has 2 amide bonds. The van der Waals surface area contributed by atoms with Crippen LogP contribution in [-0.4, -0.2) is 70.0 Å². The van der Waals surface area contributed by atoms with Gasteiger partial charge >= 0.3 is 5.97 Å². The second-order valence-corrected chi connectivity index (χ2v) is 9.63. The number of hydrogen-bond acceptors (Lipinski definition) is 8. The van der Waals surface area contributed by atoms with E-state index in [4.69, 9.17) is 26.5 Å². The molecule has 0 radical (unpaired) electrons. The van der Waals surface area contributed by atoms with E-state index in [-0.39, 0.29) is 28.9 Å². The highest BCUT2D eigenvalue weighted by atomic mass is 35.5. The van der Waals surface area contributed by atoms with Crippen molar-refractivity contribution >= 4 is 63.3 Å². The van der Waals surface area contributed by atoms with Crippen LogP contribution in [0.1, 0.15) is 22.3 Å². The van der Waals surface area contributed by atoms with Crippen LogP contribution in [0, 0.1) is 5.41 Å². The number of thioether (sulfide) groups is 1. The summed E-state index contributed by atoms with van der Waals surface area (Å²) in [5, 5.41) is 15.4. The molecule has 2 aromatic carbocycles. The Hall–Kier alpha value is -3.80. The van der Waals surface area contributed by atoms with Crippen LogP contribution in [0.3, 0.4) is 0 Å².